The van der Waals surface area contributed by atoms with E-state index in [1.165, 1.54) is 6.07 Å². The molecule has 1 aliphatic rings. The van der Waals surface area contributed by atoms with Gasteiger partial charge in [0, 0.05) is 25.1 Å². The van der Waals surface area contributed by atoms with Crippen LogP contribution in [0.4, 0.5) is 8.78 Å². The number of nitrogens with zero attached hydrogens (tertiary/aromatic N) is 1. The highest BCUT2D eigenvalue weighted by molar-refractivity contribution is 5.78. The van der Waals surface area contributed by atoms with Gasteiger partial charge in [-0.3, -0.25) is 4.79 Å². The first-order valence-electron chi connectivity index (χ1n) is 6.02. The topological polar surface area (TPSA) is 32.3 Å². The number of likely N-dealkylation sites (tertiary alicyclic amines) is 1. The van der Waals surface area contributed by atoms with Crippen molar-refractivity contribution in [1.82, 2.24) is 10.2 Å². The van der Waals surface area contributed by atoms with Gasteiger partial charge in [-0.2, -0.15) is 0 Å². The Morgan fingerprint density at radius 1 is 1.44 bits per heavy atom. The lowest BCUT2D eigenvalue weighted by Gasteiger charge is -2.24. The first-order valence-corrected chi connectivity index (χ1v) is 6.02. The smallest absolute Gasteiger partial charge is 0.222 e. The fourth-order valence-corrected chi connectivity index (χ4v) is 2.25. The number of rotatable bonds is 4. The van der Waals surface area contributed by atoms with E-state index in [0.717, 1.165) is 12.5 Å². The second-order valence-electron chi connectivity index (χ2n) is 4.43. The number of benzene rings is 1. The van der Waals surface area contributed by atoms with Crippen molar-refractivity contribution in [3.63, 3.8) is 0 Å². The quantitative estimate of drug-likeness (QED) is 0.889. The highest BCUT2D eigenvalue weighted by Crippen LogP contribution is 2.22. The minimum atomic E-state index is -0.861. The Kier molecular flexibility index (Phi) is 3.91. The number of hydrogen-bond acceptors (Lipinski definition) is 2. The van der Waals surface area contributed by atoms with Gasteiger partial charge in [-0.25, -0.2) is 8.78 Å². The zero-order valence-corrected chi connectivity index (χ0v) is 10.2. The zero-order valence-electron chi connectivity index (χ0n) is 10.2. The molecular formula is C13H16F2N2O. The Morgan fingerprint density at radius 2 is 2.22 bits per heavy atom. The van der Waals surface area contributed by atoms with Gasteiger partial charge in [-0.15, -0.1) is 0 Å². The molecule has 1 amide bonds. The molecule has 0 spiro atoms. The highest BCUT2D eigenvalue weighted by atomic mass is 19.2. The summed E-state index contributed by atoms with van der Waals surface area (Å²) in [6.45, 7) is 1.06. The van der Waals surface area contributed by atoms with Crippen molar-refractivity contribution in [2.24, 2.45) is 0 Å². The molecule has 0 saturated carbocycles. The molecule has 5 heteroatoms. The number of amides is 1. The van der Waals surface area contributed by atoms with Gasteiger partial charge in [0.15, 0.2) is 11.6 Å². The maximum Gasteiger partial charge on any atom is 0.222 e. The van der Waals surface area contributed by atoms with Gasteiger partial charge in [0.1, 0.15) is 0 Å². The lowest BCUT2D eigenvalue weighted by molar-refractivity contribution is -0.128. The molecule has 1 heterocycles. The molecule has 1 aromatic carbocycles. The normalized spacial score (nSPS) is 17.3. The van der Waals surface area contributed by atoms with E-state index in [1.54, 1.807) is 18.0 Å². The highest BCUT2D eigenvalue weighted by Gasteiger charge is 2.25. The molecule has 1 N–H and O–H groups in total. The van der Waals surface area contributed by atoms with Crippen LogP contribution in [-0.4, -0.2) is 30.9 Å². The molecular weight excluding hydrogens is 238 g/mol. The lowest BCUT2D eigenvalue weighted by Crippen LogP contribution is -2.35. The Bertz CT molecular complexity index is 451. The van der Waals surface area contributed by atoms with E-state index in [-0.39, 0.29) is 17.5 Å². The molecule has 0 bridgehead atoms. The van der Waals surface area contributed by atoms with E-state index in [9.17, 15) is 13.6 Å². The molecule has 2 rings (SSSR count). The average molecular weight is 254 g/mol. The van der Waals surface area contributed by atoms with E-state index in [4.69, 9.17) is 0 Å². The van der Waals surface area contributed by atoms with Crippen LogP contribution in [0.3, 0.4) is 0 Å². The van der Waals surface area contributed by atoms with Crippen molar-refractivity contribution in [3.8, 4) is 0 Å². The summed E-state index contributed by atoms with van der Waals surface area (Å²) in [5.74, 6) is -1.63. The second-order valence-corrected chi connectivity index (χ2v) is 4.43. The van der Waals surface area contributed by atoms with E-state index in [2.05, 4.69) is 5.32 Å². The summed E-state index contributed by atoms with van der Waals surface area (Å²) in [4.78, 5) is 13.2. The monoisotopic (exact) mass is 254 g/mol. The Hall–Kier alpha value is -1.49. The average Bonchev–Trinajstić information content (AvgIpc) is 2.76. The summed E-state index contributed by atoms with van der Waals surface area (Å²) in [6, 6.07) is 3.72. The molecule has 1 aliphatic heterocycles. The third-order valence-corrected chi connectivity index (χ3v) is 3.28. The summed E-state index contributed by atoms with van der Waals surface area (Å²) in [7, 11) is 1.68. The minimum Gasteiger partial charge on any atom is -0.341 e. The third kappa shape index (κ3) is 2.51. The lowest BCUT2D eigenvalue weighted by atomic mass is 10.1. The number of nitrogens with one attached hydrogen (secondary N) is 1. The van der Waals surface area contributed by atoms with Gasteiger partial charge in [0.05, 0.1) is 6.04 Å². The fourth-order valence-electron chi connectivity index (χ4n) is 2.25. The molecule has 98 valence electrons. The van der Waals surface area contributed by atoms with Crippen LogP contribution in [0.1, 0.15) is 24.4 Å². The van der Waals surface area contributed by atoms with Crippen molar-refractivity contribution in [3.05, 3.63) is 35.4 Å². The van der Waals surface area contributed by atoms with Gasteiger partial charge in [-0.05, 0) is 19.5 Å². The van der Waals surface area contributed by atoms with Crippen LogP contribution in [0.15, 0.2) is 18.2 Å². The Labute approximate surface area is 105 Å². The fraction of sp³-hybridized carbons (Fsp3) is 0.462. The molecule has 1 atom stereocenters. The van der Waals surface area contributed by atoms with Crippen molar-refractivity contribution < 1.29 is 13.6 Å². The molecule has 0 radical (unpaired) electrons. The Morgan fingerprint density at radius 3 is 2.83 bits per heavy atom. The number of carbonyl (C=O) groups is 1. The number of halogens is 2. The molecule has 3 nitrogen and oxygen atoms in total. The summed E-state index contributed by atoms with van der Waals surface area (Å²) in [6.07, 6.45) is 1.38. The van der Waals surface area contributed by atoms with Crippen LogP contribution < -0.4 is 5.32 Å². The number of carbonyl (C=O) groups excluding carboxylic acids is 1. The van der Waals surface area contributed by atoms with Gasteiger partial charge in [0.25, 0.3) is 0 Å². The van der Waals surface area contributed by atoms with Crippen molar-refractivity contribution in [2.75, 3.05) is 20.1 Å². The van der Waals surface area contributed by atoms with Gasteiger partial charge >= 0.3 is 0 Å². The third-order valence-electron chi connectivity index (χ3n) is 3.28. The zero-order chi connectivity index (χ0) is 13.1. The van der Waals surface area contributed by atoms with Crippen molar-refractivity contribution >= 4 is 5.91 Å². The Balaban J connectivity index is 2.17. The van der Waals surface area contributed by atoms with Crippen molar-refractivity contribution in [1.29, 1.82) is 0 Å². The summed E-state index contributed by atoms with van der Waals surface area (Å²) in [5.41, 5.74) is 0.261. The molecule has 1 aromatic rings. The van der Waals surface area contributed by atoms with Crippen LogP contribution in [0.5, 0.6) is 0 Å². The van der Waals surface area contributed by atoms with Crippen LogP contribution in [0.2, 0.25) is 0 Å². The van der Waals surface area contributed by atoms with Crippen LogP contribution in [-0.2, 0) is 4.79 Å². The predicted octanol–water partition coefficient (Wildman–Crippen LogP) is 1.85. The standard InChI is InChI=1S/C13H16F2N2O/c1-16-11(8-17-7-3-6-12(17)18)9-4-2-5-10(14)13(9)15/h2,4-5,11,16H,3,6-8H2,1H3. The summed E-state index contributed by atoms with van der Waals surface area (Å²) >= 11 is 0. The van der Waals surface area contributed by atoms with Crippen LogP contribution in [0.25, 0.3) is 0 Å². The summed E-state index contributed by atoms with van der Waals surface area (Å²) < 4.78 is 26.9. The van der Waals surface area contributed by atoms with Crippen molar-refractivity contribution in [2.45, 2.75) is 18.9 Å². The molecule has 18 heavy (non-hydrogen) atoms. The molecule has 1 fully saturated rings. The predicted molar refractivity (Wildman–Crippen MR) is 64.0 cm³/mol. The molecule has 0 aliphatic carbocycles. The van der Waals surface area contributed by atoms with E-state index >= 15 is 0 Å². The second kappa shape index (κ2) is 5.44. The SMILES string of the molecule is CNC(CN1CCCC1=O)c1cccc(F)c1F. The molecule has 0 aromatic heterocycles. The maximum absolute atomic E-state index is 13.7. The van der Waals surface area contributed by atoms with Crippen LogP contribution in [0, 0.1) is 11.6 Å². The van der Waals surface area contributed by atoms with Gasteiger partial charge < -0.3 is 10.2 Å². The van der Waals surface area contributed by atoms with E-state index < -0.39 is 11.6 Å². The first kappa shape index (κ1) is 13.0. The van der Waals surface area contributed by atoms with E-state index in [0.29, 0.717) is 19.5 Å². The molecule has 1 unspecified atom stereocenters. The molecule has 1 saturated heterocycles. The first-order chi connectivity index (χ1) is 8.63. The van der Waals surface area contributed by atoms with Gasteiger partial charge in [0.2, 0.25) is 5.91 Å². The largest absolute Gasteiger partial charge is 0.341 e. The van der Waals surface area contributed by atoms with Crippen LogP contribution >= 0.6 is 0 Å². The summed E-state index contributed by atoms with van der Waals surface area (Å²) in [5, 5.41) is 2.93. The minimum absolute atomic E-state index is 0.0760. The van der Waals surface area contributed by atoms with E-state index in [1.807, 2.05) is 0 Å². The number of hydrogen-bond donors (Lipinski definition) is 1. The maximum atomic E-state index is 13.7. The van der Waals surface area contributed by atoms with Gasteiger partial charge in [-0.1, -0.05) is 12.1 Å². The number of likely N-dealkylation sites (N-methyl/N-ethyl adjacent to an activating group) is 1.